The molecule has 0 aliphatic carbocycles. The number of hydrogen-bond acceptors (Lipinski definition) is 12. The quantitative estimate of drug-likeness (QED) is 0.133. The van der Waals surface area contributed by atoms with Gasteiger partial charge in [0, 0.05) is 18.2 Å². The zero-order valence-electron chi connectivity index (χ0n) is 22.6. The SMILES string of the molecule is COc1cccc(/C=N/NC(=O)c2nnn(-c3nonc3N)c2CN2CCCC[C@H]2C)c1OC(=O)c1ccccc1. The van der Waals surface area contributed by atoms with Crippen LogP contribution in [0, 0.1) is 0 Å². The smallest absolute Gasteiger partial charge is 0.343 e. The van der Waals surface area contributed by atoms with Gasteiger partial charge in [0.1, 0.15) is 0 Å². The van der Waals surface area contributed by atoms with Crippen LogP contribution in [0.3, 0.4) is 0 Å². The van der Waals surface area contributed by atoms with Crippen molar-refractivity contribution >= 4 is 23.9 Å². The van der Waals surface area contributed by atoms with Crippen LogP contribution in [0.2, 0.25) is 0 Å². The molecule has 0 bridgehead atoms. The number of aromatic nitrogens is 5. The summed E-state index contributed by atoms with van der Waals surface area (Å²) in [7, 11) is 1.46. The van der Waals surface area contributed by atoms with Crippen LogP contribution in [-0.4, -0.2) is 68.0 Å². The van der Waals surface area contributed by atoms with Gasteiger partial charge in [-0.05, 0) is 60.9 Å². The third-order valence-electron chi connectivity index (χ3n) is 6.77. The molecule has 41 heavy (non-hydrogen) atoms. The van der Waals surface area contributed by atoms with Crippen LogP contribution in [0.15, 0.2) is 58.3 Å². The first-order chi connectivity index (χ1) is 20.0. The molecule has 2 aromatic carbocycles. The minimum Gasteiger partial charge on any atom is -0.493 e. The maximum absolute atomic E-state index is 13.3. The van der Waals surface area contributed by atoms with E-state index in [-0.39, 0.29) is 23.1 Å². The Morgan fingerprint density at radius 1 is 1.17 bits per heavy atom. The molecule has 14 nitrogen and oxygen atoms in total. The molecule has 1 aliphatic heterocycles. The second-order valence-electron chi connectivity index (χ2n) is 9.42. The molecule has 14 heteroatoms. The molecule has 0 radical (unpaired) electrons. The average Bonchev–Trinajstić information content (AvgIpc) is 3.60. The third-order valence-corrected chi connectivity index (χ3v) is 6.77. The van der Waals surface area contributed by atoms with Crippen LogP contribution in [0.4, 0.5) is 5.82 Å². The van der Waals surface area contributed by atoms with Crippen molar-refractivity contribution < 1.29 is 23.7 Å². The lowest BCUT2D eigenvalue weighted by Gasteiger charge is -2.33. The maximum Gasteiger partial charge on any atom is 0.343 e. The number of piperidine rings is 1. The van der Waals surface area contributed by atoms with Crippen LogP contribution >= 0.6 is 0 Å². The van der Waals surface area contributed by atoms with E-state index in [9.17, 15) is 9.59 Å². The minimum absolute atomic E-state index is 0.0171. The molecule has 1 atom stereocenters. The summed E-state index contributed by atoms with van der Waals surface area (Å²) in [6, 6.07) is 13.9. The van der Waals surface area contributed by atoms with E-state index in [2.05, 4.69) is 43.0 Å². The molecule has 0 unspecified atom stereocenters. The topological polar surface area (TPSA) is 176 Å². The molecule has 3 N–H and O–H groups in total. The number of nitrogens with one attached hydrogen (secondary N) is 1. The Balaban J connectivity index is 1.38. The predicted octanol–water partition coefficient (Wildman–Crippen LogP) is 2.60. The number of anilines is 1. The number of carbonyl (C=O) groups excluding carboxylic acids is 2. The molecule has 212 valence electrons. The van der Waals surface area contributed by atoms with E-state index in [1.807, 2.05) is 0 Å². The molecule has 1 saturated heterocycles. The summed E-state index contributed by atoms with van der Waals surface area (Å²) in [5.74, 6) is -0.535. The number of carbonyl (C=O) groups is 2. The number of hydrogen-bond donors (Lipinski definition) is 2. The molecule has 2 aromatic heterocycles. The second kappa shape index (κ2) is 12.4. The lowest BCUT2D eigenvalue weighted by molar-refractivity contribution is 0.0729. The van der Waals surface area contributed by atoms with E-state index in [1.54, 1.807) is 48.5 Å². The summed E-state index contributed by atoms with van der Waals surface area (Å²) in [5, 5.41) is 19.7. The van der Waals surface area contributed by atoms with Crippen molar-refractivity contribution in [2.75, 3.05) is 19.4 Å². The van der Waals surface area contributed by atoms with Gasteiger partial charge in [0.15, 0.2) is 17.2 Å². The summed E-state index contributed by atoms with van der Waals surface area (Å²) in [6.07, 6.45) is 4.58. The van der Waals surface area contributed by atoms with Gasteiger partial charge in [-0.1, -0.05) is 35.9 Å². The van der Waals surface area contributed by atoms with Crippen LogP contribution in [0.1, 0.15) is 58.3 Å². The van der Waals surface area contributed by atoms with Crippen LogP contribution in [-0.2, 0) is 6.54 Å². The zero-order valence-corrected chi connectivity index (χ0v) is 22.6. The molecule has 0 saturated carbocycles. The fraction of sp³-hybridized carbons (Fsp3) is 0.296. The predicted molar refractivity (Wildman–Crippen MR) is 147 cm³/mol. The normalized spacial score (nSPS) is 15.6. The molecule has 1 amide bonds. The standard InChI is InChI=1S/C27H29N9O5/c1-17-9-6-7-14-35(17)16-20-22(30-34-36(20)25-24(28)32-41-33-25)26(37)31-29-15-19-12-8-13-21(39-2)23(19)40-27(38)18-10-4-3-5-11-18/h3-5,8,10-13,15,17H,6-7,9,14,16H2,1-2H3,(H2,28,32)(H,31,37)/b29-15+/t17-/m1/s1. The molecule has 1 fully saturated rings. The highest BCUT2D eigenvalue weighted by atomic mass is 16.6. The van der Waals surface area contributed by atoms with E-state index in [4.69, 9.17) is 19.8 Å². The van der Waals surface area contributed by atoms with E-state index >= 15 is 0 Å². The summed E-state index contributed by atoms with van der Waals surface area (Å²) in [5.41, 5.74) is 9.67. The van der Waals surface area contributed by atoms with Gasteiger partial charge < -0.3 is 15.2 Å². The Morgan fingerprint density at radius 3 is 2.73 bits per heavy atom. The Kier molecular flexibility index (Phi) is 8.29. The number of nitrogens with two attached hydrogens (primary N) is 1. The summed E-state index contributed by atoms with van der Waals surface area (Å²) < 4.78 is 17.1. The molecule has 4 aromatic rings. The Bertz CT molecular complexity index is 1550. The minimum atomic E-state index is -0.604. The third kappa shape index (κ3) is 6.06. The van der Waals surface area contributed by atoms with Gasteiger partial charge in [-0.25, -0.2) is 14.8 Å². The molecule has 1 aliphatic rings. The lowest BCUT2D eigenvalue weighted by Crippen LogP contribution is -2.38. The summed E-state index contributed by atoms with van der Waals surface area (Å²) in [4.78, 5) is 28.2. The second-order valence-corrected chi connectivity index (χ2v) is 9.42. The van der Waals surface area contributed by atoms with Crippen molar-refractivity contribution in [2.24, 2.45) is 5.10 Å². The first-order valence-corrected chi connectivity index (χ1v) is 13.0. The van der Waals surface area contributed by atoms with Crippen molar-refractivity contribution in [3.63, 3.8) is 0 Å². The van der Waals surface area contributed by atoms with Gasteiger partial charge in [0.25, 0.3) is 5.91 Å². The van der Waals surface area contributed by atoms with Crippen molar-refractivity contribution in [2.45, 2.75) is 38.8 Å². The number of rotatable bonds is 9. The van der Waals surface area contributed by atoms with Crippen LogP contribution in [0.5, 0.6) is 11.5 Å². The Morgan fingerprint density at radius 2 is 2.00 bits per heavy atom. The van der Waals surface area contributed by atoms with Gasteiger partial charge in [-0.2, -0.15) is 9.78 Å². The highest BCUT2D eigenvalue weighted by molar-refractivity contribution is 5.96. The van der Waals surface area contributed by atoms with Crippen molar-refractivity contribution in [1.29, 1.82) is 0 Å². The van der Waals surface area contributed by atoms with E-state index in [0.29, 0.717) is 35.2 Å². The summed E-state index contributed by atoms with van der Waals surface area (Å²) in [6.45, 7) is 3.38. The number of amides is 1. The zero-order chi connectivity index (χ0) is 28.8. The number of methoxy groups -OCH3 is 1. The largest absolute Gasteiger partial charge is 0.493 e. The van der Waals surface area contributed by atoms with E-state index in [1.165, 1.54) is 18.0 Å². The van der Waals surface area contributed by atoms with Gasteiger partial charge in [-0.3, -0.25) is 9.69 Å². The number of likely N-dealkylation sites (tertiary alicyclic amines) is 1. The molecular weight excluding hydrogens is 530 g/mol. The first-order valence-electron chi connectivity index (χ1n) is 13.0. The summed E-state index contributed by atoms with van der Waals surface area (Å²) >= 11 is 0. The number of nitrogens with zero attached hydrogens (tertiary/aromatic N) is 7. The van der Waals surface area contributed by atoms with Crippen molar-refractivity contribution in [1.82, 2.24) is 35.6 Å². The first kappa shape index (κ1) is 27.5. The number of ether oxygens (including phenoxy) is 2. The van der Waals surface area contributed by atoms with Crippen molar-refractivity contribution in [3.8, 4) is 17.3 Å². The Hall–Kier alpha value is -5.11. The monoisotopic (exact) mass is 559 g/mol. The van der Waals surface area contributed by atoms with Crippen LogP contribution < -0.4 is 20.6 Å². The fourth-order valence-electron chi connectivity index (χ4n) is 4.56. The van der Waals surface area contributed by atoms with Gasteiger partial charge >= 0.3 is 5.97 Å². The van der Waals surface area contributed by atoms with Crippen LogP contribution in [0.25, 0.3) is 5.82 Å². The lowest BCUT2D eigenvalue weighted by atomic mass is 10.0. The number of hydrazone groups is 1. The number of nitrogen functional groups attached to an aromatic ring is 1. The number of para-hydroxylation sites is 1. The number of esters is 1. The van der Waals surface area contributed by atoms with Crippen molar-refractivity contribution in [3.05, 3.63) is 71.0 Å². The van der Waals surface area contributed by atoms with Gasteiger partial charge in [0.05, 0.1) is 24.6 Å². The molecule has 3 heterocycles. The van der Waals surface area contributed by atoms with Gasteiger partial charge in [-0.15, -0.1) is 5.10 Å². The van der Waals surface area contributed by atoms with E-state index in [0.717, 1.165) is 25.8 Å². The van der Waals surface area contributed by atoms with E-state index < -0.39 is 11.9 Å². The highest BCUT2D eigenvalue weighted by Crippen LogP contribution is 2.31. The molecule has 0 spiro atoms. The number of benzene rings is 2. The molecular formula is C27H29N9O5. The highest BCUT2D eigenvalue weighted by Gasteiger charge is 2.28. The Labute approximate surface area is 235 Å². The molecule has 5 rings (SSSR count). The van der Waals surface area contributed by atoms with Gasteiger partial charge in [0.2, 0.25) is 11.6 Å². The fourth-order valence-corrected chi connectivity index (χ4v) is 4.56. The maximum atomic E-state index is 13.3. The average molecular weight is 560 g/mol.